The smallest absolute Gasteiger partial charge is 0.341 e. The Balaban J connectivity index is 2.47. The summed E-state index contributed by atoms with van der Waals surface area (Å²) in [6, 6.07) is 5.81. The average Bonchev–Trinajstić information content (AvgIpc) is 2.46. The third-order valence-corrected chi connectivity index (χ3v) is 4.16. The van der Waals surface area contributed by atoms with Gasteiger partial charge in [-0.15, -0.1) is 0 Å². The Bertz CT molecular complexity index is 683. The first-order valence-corrected chi connectivity index (χ1v) is 7.96. The van der Waals surface area contributed by atoms with Crippen molar-refractivity contribution in [2.24, 2.45) is 4.99 Å². The van der Waals surface area contributed by atoms with Crippen molar-refractivity contribution in [3.05, 3.63) is 41.2 Å². The molecule has 1 aromatic carbocycles. The zero-order valence-electron chi connectivity index (χ0n) is 13.1. The Morgan fingerprint density at radius 2 is 2.00 bits per heavy atom. The van der Waals surface area contributed by atoms with Crippen molar-refractivity contribution in [2.45, 2.75) is 26.3 Å². The minimum absolute atomic E-state index is 0.225. The first kappa shape index (κ1) is 17.2. The van der Waals surface area contributed by atoms with E-state index in [0.29, 0.717) is 21.8 Å². The van der Waals surface area contributed by atoms with Gasteiger partial charge in [0.25, 0.3) is 0 Å². The fraction of sp³-hybridized carbons (Fsp3) is 0.312. The van der Waals surface area contributed by atoms with Gasteiger partial charge in [0.2, 0.25) is 5.91 Å². The van der Waals surface area contributed by atoms with Gasteiger partial charge in [0.15, 0.2) is 5.50 Å². The van der Waals surface area contributed by atoms with Crippen LogP contribution in [0.5, 0.6) is 0 Å². The normalized spacial score (nSPS) is 17.6. The Morgan fingerprint density at radius 3 is 2.57 bits per heavy atom. The van der Waals surface area contributed by atoms with Crippen LogP contribution >= 0.6 is 11.8 Å². The molecule has 0 aromatic heterocycles. The summed E-state index contributed by atoms with van der Waals surface area (Å²) in [5.41, 5.74) is 0.945. The lowest BCUT2D eigenvalue weighted by molar-refractivity contribution is -0.137. The molecule has 0 radical (unpaired) electrons. The van der Waals surface area contributed by atoms with Crippen LogP contribution in [0.2, 0.25) is 0 Å². The molecule has 1 aliphatic heterocycles. The Hall–Kier alpha value is -2.15. The van der Waals surface area contributed by atoms with Gasteiger partial charge < -0.3 is 10.1 Å². The van der Waals surface area contributed by atoms with E-state index < -0.39 is 11.5 Å². The maximum Gasteiger partial charge on any atom is 0.341 e. The molecule has 2 rings (SSSR count). The lowest BCUT2D eigenvalue weighted by Gasteiger charge is -2.24. The molecule has 1 aliphatic rings. The predicted molar refractivity (Wildman–Crippen MR) is 88.3 cm³/mol. The Labute approximate surface area is 138 Å². The molecule has 0 bridgehead atoms. The van der Waals surface area contributed by atoms with E-state index in [-0.39, 0.29) is 18.3 Å². The van der Waals surface area contributed by atoms with Gasteiger partial charge in [-0.25, -0.2) is 9.18 Å². The van der Waals surface area contributed by atoms with Gasteiger partial charge in [-0.1, -0.05) is 23.9 Å². The van der Waals surface area contributed by atoms with Crippen LogP contribution < -0.4 is 5.32 Å². The second-order valence-corrected chi connectivity index (χ2v) is 5.91. The molecule has 1 unspecified atom stereocenters. The number of rotatable bonds is 4. The van der Waals surface area contributed by atoms with Crippen molar-refractivity contribution < 1.29 is 18.7 Å². The fourth-order valence-corrected chi connectivity index (χ4v) is 3.37. The summed E-state index contributed by atoms with van der Waals surface area (Å²) in [7, 11) is 0. The number of esters is 1. The minimum atomic E-state index is -0.536. The predicted octanol–water partition coefficient (Wildman–Crippen LogP) is 2.73. The third kappa shape index (κ3) is 4.19. The highest BCUT2D eigenvalue weighted by molar-refractivity contribution is 8.09. The quantitative estimate of drug-likeness (QED) is 0.859. The molecule has 23 heavy (non-hydrogen) atoms. The standard InChI is InChI=1S/C16H17FN2O3S/c1-4-22-15(21)13-9(2)18-16(19-10(3)20)23-14(13)11-5-7-12(17)8-6-11/h5-8,16H,4H2,1-3H3,(H,19,20). The van der Waals surface area contributed by atoms with Gasteiger partial charge in [-0.05, 0) is 31.5 Å². The molecular weight excluding hydrogens is 319 g/mol. The number of amides is 1. The van der Waals surface area contributed by atoms with Crippen LogP contribution in [0.1, 0.15) is 26.3 Å². The summed E-state index contributed by atoms with van der Waals surface area (Å²) in [5, 5.41) is 2.69. The molecule has 1 N–H and O–H groups in total. The number of ether oxygens (including phenoxy) is 1. The van der Waals surface area contributed by atoms with Crippen molar-refractivity contribution in [2.75, 3.05) is 6.61 Å². The molecule has 5 nitrogen and oxygen atoms in total. The van der Waals surface area contributed by atoms with Crippen LogP contribution in [-0.2, 0) is 14.3 Å². The topological polar surface area (TPSA) is 67.8 Å². The molecule has 1 heterocycles. The SMILES string of the molecule is CCOC(=O)C1=C(c2ccc(F)cc2)SC(NC(C)=O)N=C1C. The minimum Gasteiger partial charge on any atom is -0.462 e. The Morgan fingerprint density at radius 1 is 1.35 bits per heavy atom. The maximum absolute atomic E-state index is 13.2. The zero-order chi connectivity index (χ0) is 17.0. The third-order valence-electron chi connectivity index (χ3n) is 3.04. The Kier molecular flexibility index (Phi) is 5.54. The summed E-state index contributed by atoms with van der Waals surface area (Å²) in [5.74, 6) is -1.07. The number of nitrogens with zero attached hydrogens (tertiary/aromatic N) is 1. The molecule has 1 atom stereocenters. The van der Waals surface area contributed by atoms with Crippen molar-refractivity contribution in [1.82, 2.24) is 5.32 Å². The van der Waals surface area contributed by atoms with Gasteiger partial charge in [0, 0.05) is 11.8 Å². The van der Waals surface area contributed by atoms with Crippen molar-refractivity contribution in [1.29, 1.82) is 0 Å². The molecule has 0 saturated heterocycles. The molecule has 0 fully saturated rings. The first-order valence-electron chi connectivity index (χ1n) is 7.08. The monoisotopic (exact) mass is 336 g/mol. The average molecular weight is 336 g/mol. The van der Waals surface area contributed by atoms with E-state index in [1.165, 1.54) is 30.8 Å². The number of thioether (sulfide) groups is 1. The van der Waals surface area contributed by atoms with E-state index >= 15 is 0 Å². The molecule has 1 amide bonds. The number of nitrogens with one attached hydrogen (secondary N) is 1. The molecular formula is C16H17FN2O3S. The van der Waals surface area contributed by atoms with E-state index in [2.05, 4.69) is 10.3 Å². The molecule has 122 valence electrons. The van der Waals surface area contributed by atoms with Crippen molar-refractivity contribution in [3.63, 3.8) is 0 Å². The summed E-state index contributed by atoms with van der Waals surface area (Å²) in [6.07, 6.45) is 0. The second kappa shape index (κ2) is 7.41. The molecule has 0 saturated carbocycles. The van der Waals surface area contributed by atoms with E-state index in [1.807, 2.05) is 0 Å². The van der Waals surface area contributed by atoms with E-state index in [4.69, 9.17) is 4.74 Å². The zero-order valence-corrected chi connectivity index (χ0v) is 13.9. The summed E-state index contributed by atoms with van der Waals surface area (Å²) in [6.45, 7) is 5.04. The number of halogens is 1. The van der Waals surface area contributed by atoms with Gasteiger partial charge in [0.1, 0.15) is 5.82 Å². The number of hydrogen-bond donors (Lipinski definition) is 1. The first-order chi connectivity index (χ1) is 10.9. The summed E-state index contributed by atoms with van der Waals surface area (Å²) >= 11 is 1.22. The summed E-state index contributed by atoms with van der Waals surface area (Å²) < 4.78 is 18.3. The molecule has 0 aliphatic carbocycles. The molecule has 7 heteroatoms. The van der Waals surface area contributed by atoms with Crippen LogP contribution in [0.4, 0.5) is 4.39 Å². The van der Waals surface area contributed by atoms with Gasteiger partial charge >= 0.3 is 5.97 Å². The lowest BCUT2D eigenvalue weighted by Crippen LogP contribution is -2.32. The number of carbonyl (C=O) groups excluding carboxylic acids is 2. The highest BCUT2D eigenvalue weighted by atomic mass is 32.2. The fourth-order valence-electron chi connectivity index (χ4n) is 2.09. The second-order valence-electron chi connectivity index (χ2n) is 4.82. The highest BCUT2D eigenvalue weighted by Crippen LogP contribution is 2.38. The van der Waals surface area contributed by atoms with Gasteiger partial charge in [0.05, 0.1) is 17.9 Å². The van der Waals surface area contributed by atoms with Crippen LogP contribution in [0, 0.1) is 5.82 Å². The van der Waals surface area contributed by atoms with Crippen LogP contribution in [0.3, 0.4) is 0 Å². The number of hydrogen-bond acceptors (Lipinski definition) is 5. The van der Waals surface area contributed by atoms with E-state index in [1.54, 1.807) is 26.0 Å². The number of carbonyl (C=O) groups is 2. The molecule has 0 spiro atoms. The van der Waals surface area contributed by atoms with Crippen LogP contribution in [-0.4, -0.2) is 29.7 Å². The largest absolute Gasteiger partial charge is 0.462 e. The number of benzene rings is 1. The van der Waals surface area contributed by atoms with Crippen LogP contribution in [0.15, 0.2) is 34.8 Å². The van der Waals surface area contributed by atoms with Gasteiger partial charge in [-0.3, -0.25) is 9.79 Å². The number of aliphatic imine (C=N–C) groups is 1. The van der Waals surface area contributed by atoms with Crippen LogP contribution in [0.25, 0.3) is 4.91 Å². The van der Waals surface area contributed by atoms with E-state index in [0.717, 1.165) is 0 Å². The van der Waals surface area contributed by atoms with E-state index in [9.17, 15) is 14.0 Å². The highest BCUT2D eigenvalue weighted by Gasteiger charge is 2.29. The lowest BCUT2D eigenvalue weighted by atomic mass is 10.1. The van der Waals surface area contributed by atoms with Gasteiger partial charge in [-0.2, -0.15) is 0 Å². The summed E-state index contributed by atoms with van der Waals surface area (Å²) in [4.78, 5) is 28.4. The van der Waals surface area contributed by atoms with Crippen molar-refractivity contribution in [3.8, 4) is 0 Å². The maximum atomic E-state index is 13.2. The van der Waals surface area contributed by atoms with Crippen molar-refractivity contribution >= 4 is 34.3 Å². The molecule has 1 aromatic rings.